The van der Waals surface area contributed by atoms with E-state index in [-0.39, 0.29) is 59.1 Å². The zero-order chi connectivity index (χ0) is 22.2. The molecule has 0 aromatic carbocycles. The van der Waals surface area contributed by atoms with Gasteiger partial charge >= 0.3 is 59.1 Å². The van der Waals surface area contributed by atoms with E-state index >= 15 is 0 Å². The number of nitrogens with two attached hydrogens (primary N) is 2. The van der Waals surface area contributed by atoms with Crippen molar-refractivity contribution in [3.63, 3.8) is 0 Å². The van der Waals surface area contributed by atoms with Crippen molar-refractivity contribution in [2.45, 2.75) is 27.7 Å². The molecule has 0 fully saturated rings. The molecule has 0 aliphatic carbocycles. The number of phosphoric acid groups is 1. The molecule has 0 rings (SSSR count). The van der Waals surface area contributed by atoms with Crippen LogP contribution in [0.25, 0.3) is 0 Å². The molecule has 0 amide bonds. The summed E-state index contributed by atoms with van der Waals surface area (Å²) in [5.41, 5.74) is 9.81. The first-order valence-electron chi connectivity index (χ1n) is 5.78. The van der Waals surface area contributed by atoms with Gasteiger partial charge in [0.25, 0.3) is 23.9 Å². The average molecular weight is 442 g/mol. The summed E-state index contributed by atoms with van der Waals surface area (Å²) in [7, 11) is -5.14. The summed E-state index contributed by atoms with van der Waals surface area (Å²) in [6, 6.07) is 0. The maximum Gasteiger partial charge on any atom is 1.00 e. The zero-order valence-electron chi connectivity index (χ0n) is 16.1. The molecule has 0 spiro atoms. The molecule has 0 saturated heterocycles. The molecule has 0 unspecified atom stereocenters. The van der Waals surface area contributed by atoms with Gasteiger partial charge in [-0.1, -0.05) is 0 Å². The third-order valence-electron chi connectivity index (χ3n) is 0.167. The van der Waals surface area contributed by atoms with Gasteiger partial charge < -0.3 is 51.1 Å². The summed E-state index contributed by atoms with van der Waals surface area (Å²) in [6.45, 7) is 5.53. The van der Waals surface area contributed by atoms with E-state index < -0.39 is 31.7 Å². The fourth-order valence-corrected chi connectivity index (χ4v) is 0. The number of carboxylic acids is 4. The second-order valence-electron chi connectivity index (χ2n) is 3.12. The Hall–Kier alpha value is -0.0900. The third-order valence-corrected chi connectivity index (χ3v) is 0.167. The molecule has 17 heteroatoms. The van der Waals surface area contributed by atoms with Gasteiger partial charge in [0.15, 0.2) is 0 Å². The molecule has 0 aromatic heterocycles. The second-order valence-corrected chi connectivity index (χ2v) is 4.06. The fraction of sp³-hybridized carbons (Fsp3) is 0.600. The van der Waals surface area contributed by atoms with Crippen LogP contribution in [0, 0.1) is 0 Å². The molecule has 9 N–H and O–H groups in total. The van der Waals surface area contributed by atoms with E-state index in [4.69, 9.17) is 70.3 Å². The topological polar surface area (TPSA) is 285 Å². The number of rotatable bonds is 1. The van der Waals surface area contributed by atoms with Crippen LogP contribution in [0.5, 0.6) is 0 Å². The van der Waals surface area contributed by atoms with Crippen molar-refractivity contribution in [2.24, 2.45) is 11.5 Å². The van der Waals surface area contributed by atoms with Gasteiger partial charge in [-0.2, -0.15) is 0 Å². The quantitative estimate of drug-likeness (QED) is 0.147. The Morgan fingerprint density at radius 2 is 0.741 bits per heavy atom. The van der Waals surface area contributed by atoms with E-state index in [1.54, 1.807) is 0 Å². The van der Waals surface area contributed by atoms with Crippen molar-refractivity contribution in [2.75, 3.05) is 13.1 Å². The molecule has 0 atom stereocenters. The maximum absolute atomic E-state index is 9.00. The summed E-state index contributed by atoms with van der Waals surface area (Å²) in [4.78, 5) is 60.3. The van der Waals surface area contributed by atoms with Gasteiger partial charge in [-0.3, -0.25) is 19.2 Å². The Morgan fingerprint density at radius 1 is 0.704 bits per heavy atom. The van der Waals surface area contributed by atoms with Crippen LogP contribution in [-0.4, -0.2) is 62.3 Å². The van der Waals surface area contributed by atoms with Crippen LogP contribution in [0.2, 0.25) is 0 Å². The molecule has 0 radical (unpaired) electrons. The van der Waals surface area contributed by atoms with Gasteiger partial charge in [0.1, 0.15) is 0 Å². The summed E-state index contributed by atoms with van der Waals surface area (Å²) in [5, 5.41) is 29.7. The Morgan fingerprint density at radius 3 is 0.741 bits per heavy atom. The van der Waals surface area contributed by atoms with E-state index in [2.05, 4.69) is 0 Å². The first kappa shape index (κ1) is 50.5. The summed E-state index contributed by atoms with van der Waals surface area (Å²) in [6.07, 6.45) is 0. The van der Waals surface area contributed by atoms with Crippen LogP contribution in [0.4, 0.5) is 0 Å². The van der Waals surface area contributed by atoms with E-state index in [9.17, 15) is 0 Å². The van der Waals surface area contributed by atoms with Crippen molar-refractivity contribution in [1.29, 1.82) is 0 Å². The van der Waals surface area contributed by atoms with Crippen LogP contribution in [0.3, 0.4) is 0 Å². The fourth-order valence-electron chi connectivity index (χ4n) is 0. The second kappa shape index (κ2) is 40.6. The molecule has 27 heavy (non-hydrogen) atoms. The Kier molecular flexibility index (Phi) is 75.9. The number of hydrogen-bond donors (Lipinski definition) is 7. The van der Waals surface area contributed by atoms with Gasteiger partial charge in [0, 0.05) is 40.8 Å². The Bertz CT molecular complexity index is 318. The zero-order valence-corrected chi connectivity index (χ0v) is 21.0. The van der Waals surface area contributed by atoms with E-state index in [0.717, 1.165) is 27.7 Å². The summed E-state index contributed by atoms with van der Waals surface area (Å²) >= 11 is 0. The van der Waals surface area contributed by atoms with Gasteiger partial charge in [0.2, 0.25) is 0 Å². The van der Waals surface area contributed by atoms with Crippen molar-refractivity contribution in [3.05, 3.63) is 0 Å². The predicted molar refractivity (Wildman–Crippen MR) is 81.2 cm³/mol. The number of carboxylic acid groups (broad SMARTS) is 4. The molecule has 0 aliphatic heterocycles. The molecule has 154 valence electrons. The molecule has 0 heterocycles. The predicted octanol–water partition coefficient (Wildman–Crippen LogP) is -8.92. The Balaban J connectivity index is -0.0000000264. The van der Waals surface area contributed by atoms with Crippen LogP contribution in [-0.2, 0) is 23.7 Å². The Labute approximate surface area is 200 Å². The normalized spacial score (nSPS) is 7.00. The molecule has 0 bridgehead atoms. The average Bonchev–Trinajstić information content (AvgIpc) is 2.22. The number of hydrogen-bond acceptors (Lipinski definition) is 9. The third kappa shape index (κ3) is 17900. The molecular weight excluding hydrogens is 417 g/mol. The van der Waals surface area contributed by atoms with Crippen LogP contribution in [0.15, 0.2) is 0 Å². The van der Waals surface area contributed by atoms with E-state index in [0.29, 0.717) is 13.1 Å². The van der Waals surface area contributed by atoms with Crippen LogP contribution in [0.1, 0.15) is 27.7 Å². The molecule has 0 aliphatic rings. The first-order chi connectivity index (χ1) is 10.8. The van der Waals surface area contributed by atoms with Crippen molar-refractivity contribution < 1.29 is 118 Å². The maximum atomic E-state index is 9.00. The number of carbonyl (C=O) groups is 4. The summed E-state index contributed by atoms with van der Waals surface area (Å²) in [5.74, 6) is -3.33. The van der Waals surface area contributed by atoms with Crippen molar-refractivity contribution in [3.8, 4) is 0 Å². The molecule has 0 saturated carbocycles. The van der Waals surface area contributed by atoms with Crippen LogP contribution < -0.4 is 80.4 Å². The molecule has 14 nitrogen and oxygen atoms in total. The minimum absolute atomic E-state index is 0. The first-order valence-corrected chi connectivity index (χ1v) is 7.27. The SMILES string of the molecule is CC(=O)O.CC(=O)O.CC(=O)O.CC(=O)O.NCCN.O=P([O-])([O-])O.[Na+].[Na+]. The monoisotopic (exact) mass is 442 g/mol. The molecule has 0 aromatic rings. The van der Waals surface area contributed by atoms with Crippen LogP contribution >= 0.6 is 7.82 Å². The molecular formula is C10H25N2Na2O12P. The summed E-state index contributed by atoms with van der Waals surface area (Å²) < 4.78 is 8.66. The largest absolute Gasteiger partial charge is 1.00 e. The van der Waals surface area contributed by atoms with Gasteiger partial charge in [-0.25, -0.2) is 0 Å². The number of aliphatic carboxylic acids is 4. The van der Waals surface area contributed by atoms with E-state index in [1.165, 1.54) is 0 Å². The van der Waals surface area contributed by atoms with Gasteiger partial charge in [-0.05, 0) is 0 Å². The van der Waals surface area contributed by atoms with E-state index in [1.807, 2.05) is 0 Å². The van der Waals surface area contributed by atoms with Crippen molar-refractivity contribution >= 4 is 31.7 Å². The standard InChI is InChI=1S/C2H8N2.4C2H4O2.2Na.H3O4P/c3-1-2-4;4*1-2(3)4;;;1-5(2,3)4/h1-4H2;4*1H3,(H,3,4);;;(H3,1,2,3,4)/q;;;;;2*+1;/p-2. The van der Waals surface area contributed by atoms with Gasteiger partial charge in [-0.15, -0.1) is 0 Å². The van der Waals surface area contributed by atoms with Crippen molar-refractivity contribution in [1.82, 2.24) is 0 Å². The van der Waals surface area contributed by atoms with Gasteiger partial charge in [0.05, 0.1) is 7.82 Å². The smallest absolute Gasteiger partial charge is 0.790 e. The minimum atomic E-state index is -5.14. The minimum Gasteiger partial charge on any atom is -0.790 e.